The summed E-state index contributed by atoms with van der Waals surface area (Å²) in [5.74, 6) is 3.82. The van der Waals surface area contributed by atoms with E-state index in [2.05, 4.69) is 150 Å². The summed E-state index contributed by atoms with van der Waals surface area (Å²) < 4.78 is 0. The number of rotatable bonds is 4. The summed E-state index contributed by atoms with van der Waals surface area (Å²) in [6, 6.07) is 41.9. The van der Waals surface area contributed by atoms with Crippen molar-refractivity contribution < 1.29 is 48.1 Å². The van der Waals surface area contributed by atoms with E-state index in [-0.39, 0.29) is 35.7 Å². The molecule has 5 aliphatic rings. The van der Waals surface area contributed by atoms with Gasteiger partial charge in [-0.25, -0.2) is 0 Å². The number of aryl methyl sites for hydroxylation is 1. The van der Waals surface area contributed by atoms with Gasteiger partial charge in [0.05, 0.1) is 0 Å². The third-order valence-corrected chi connectivity index (χ3v) is 13.7. The number of hydrogen-bond acceptors (Lipinski definition) is 0. The van der Waals surface area contributed by atoms with Crippen molar-refractivity contribution in [1.29, 1.82) is 0 Å². The Morgan fingerprint density at radius 2 is 1.11 bits per heavy atom. The third-order valence-electron chi connectivity index (χ3n) is 13.7. The van der Waals surface area contributed by atoms with Gasteiger partial charge in [0, 0.05) is 0 Å². The molecule has 5 fully saturated rings. The number of benzene rings is 4. The van der Waals surface area contributed by atoms with E-state index >= 15 is 0 Å². The molecular formula is C53H62Cl2SiZr-2. The van der Waals surface area contributed by atoms with Gasteiger partial charge in [0.1, 0.15) is 0 Å². The molecule has 4 bridgehead atoms. The molecule has 0 radical (unpaired) electrons. The molecule has 0 aromatic heterocycles. The average Bonchev–Trinajstić information content (AvgIpc) is 3.78. The van der Waals surface area contributed by atoms with Crippen LogP contribution in [-0.2, 0) is 34.2 Å². The van der Waals surface area contributed by atoms with E-state index < -0.39 is 0 Å². The Morgan fingerprint density at radius 3 is 1.61 bits per heavy atom. The molecule has 5 saturated carbocycles. The molecule has 0 unspecified atom stereocenters. The van der Waals surface area contributed by atoms with Crippen molar-refractivity contribution in [3.8, 4) is 22.3 Å². The third kappa shape index (κ3) is 9.88. The Balaban J connectivity index is 0.000000171. The van der Waals surface area contributed by atoms with Crippen molar-refractivity contribution in [2.75, 3.05) is 0 Å². The van der Waals surface area contributed by atoms with Gasteiger partial charge in [-0.15, -0.1) is 69.1 Å². The standard InChI is InChI=1S/C26H27.C25H29.C2H6Si.2ClH.Zr/c1-17-9-22-3-2-4-24(25(22)10-17)21-5-7-23(8-6-21)26-14-18-11-19(15-26)13-20(12-18)16-26;1-25(2,3)22-14-12-19(13-15-22)23-11-7-10-20-16-21(17-24(20)23)18-8-5-4-6-9-18;1-3-2;;;/h2-10,18-20H,11-16H2,1H3;7,10-18H,4-6,8-9H2,1-3H3;1-2H3;2*1H;/q2*-1;;;;+2/p-2. The Hall–Kier alpha value is -2.22. The van der Waals surface area contributed by atoms with Gasteiger partial charge in [-0.1, -0.05) is 119 Å². The van der Waals surface area contributed by atoms with Crippen LogP contribution in [0.25, 0.3) is 43.8 Å². The SMILES string of the molecule is CC(C)(C)c1ccc(-c2cccc3[cH-]c(C4CCCCC4)cc23)cc1.C[Si](C)=[Zr+2].Cc1cc2c(-c3ccc(C45CC6CC(CC(C6)C4)C5)cc3)cccc2[cH-]1.[Cl-].[Cl-]. The summed E-state index contributed by atoms with van der Waals surface area (Å²) in [6.45, 7) is 13.6. The van der Waals surface area contributed by atoms with Crippen LogP contribution < -0.4 is 24.8 Å². The van der Waals surface area contributed by atoms with E-state index in [1.54, 1.807) is 34.5 Å². The summed E-state index contributed by atoms with van der Waals surface area (Å²) in [7, 11) is 0. The van der Waals surface area contributed by atoms with Gasteiger partial charge in [-0.3, -0.25) is 0 Å². The molecule has 0 spiro atoms. The first-order valence-corrected chi connectivity index (χ1v) is 27.7. The summed E-state index contributed by atoms with van der Waals surface area (Å²) in [5.41, 5.74) is 12.3. The molecule has 0 nitrogen and oxygen atoms in total. The van der Waals surface area contributed by atoms with Crippen molar-refractivity contribution in [3.05, 3.63) is 131 Å². The minimum absolute atomic E-state index is 0. The zero-order valence-corrected chi connectivity index (χ0v) is 40.2. The van der Waals surface area contributed by atoms with E-state index in [9.17, 15) is 0 Å². The van der Waals surface area contributed by atoms with Gasteiger partial charge in [0.2, 0.25) is 0 Å². The van der Waals surface area contributed by atoms with Crippen molar-refractivity contribution in [2.24, 2.45) is 17.8 Å². The maximum absolute atomic E-state index is 2.47. The number of hydrogen-bond donors (Lipinski definition) is 0. The average molecular weight is 889 g/mol. The van der Waals surface area contributed by atoms with Gasteiger partial charge >= 0.3 is 41.9 Å². The molecule has 0 aliphatic heterocycles. The van der Waals surface area contributed by atoms with Crippen LogP contribution >= 0.6 is 0 Å². The van der Waals surface area contributed by atoms with Crippen molar-refractivity contribution in [3.63, 3.8) is 0 Å². The molecule has 0 saturated heterocycles. The van der Waals surface area contributed by atoms with Gasteiger partial charge in [-0.05, 0) is 108 Å². The van der Waals surface area contributed by atoms with Crippen LogP contribution in [0.5, 0.6) is 0 Å². The Morgan fingerprint density at radius 1 is 0.632 bits per heavy atom. The Bertz CT molecular complexity index is 2220. The van der Waals surface area contributed by atoms with Crippen LogP contribution in [0.15, 0.2) is 109 Å². The van der Waals surface area contributed by atoms with Crippen molar-refractivity contribution >= 4 is 27.0 Å². The van der Waals surface area contributed by atoms with E-state index in [1.807, 2.05) is 0 Å². The van der Waals surface area contributed by atoms with Crippen molar-refractivity contribution in [2.45, 2.75) is 128 Å². The zero-order valence-electron chi connectivity index (χ0n) is 35.2. The summed E-state index contributed by atoms with van der Waals surface area (Å²) in [4.78, 5) is 0. The Kier molecular flexibility index (Phi) is 14.5. The van der Waals surface area contributed by atoms with Crippen LogP contribution in [0.3, 0.4) is 0 Å². The van der Waals surface area contributed by atoms with Gasteiger partial charge in [0.15, 0.2) is 0 Å². The first-order valence-electron chi connectivity index (χ1n) is 21.5. The van der Waals surface area contributed by atoms with Crippen LogP contribution in [0.1, 0.15) is 120 Å². The van der Waals surface area contributed by atoms with Crippen molar-refractivity contribution in [1.82, 2.24) is 0 Å². The molecule has 4 heteroatoms. The number of halogens is 2. The summed E-state index contributed by atoms with van der Waals surface area (Å²) in [5, 5.41) is 5.59. The molecule has 6 aromatic rings. The largest absolute Gasteiger partial charge is 1.00 e. The molecule has 298 valence electrons. The maximum atomic E-state index is 2.47. The van der Waals surface area contributed by atoms with Crippen LogP contribution in [0.2, 0.25) is 13.1 Å². The minimum Gasteiger partial charge on any atom is -1.00 e. The molecule has 0 heterocycles. The first-order chi connectivity index (χ1) is 26.4. The summed E-state index contributed by atoms with van der Waals surface area (Å²) in [6.07, 6.45) is 15.9. The Labute approximate surface area is 372 Å². The maximum Gasteiger partial charge on any atom is -0.00391 e. The predicted octanol–water partition coefficient (Wildman–Crippen LogP) is 9.37. The molecule has 0 atom stereocenters. The smallest absolute Gasteiger partial charge is 0.00391 e. The fourth-order valence-electron chi connectivity index (χ4n) is 11.4. The molecule has 0 N–H and O–H groups in total. The molecule has 11 rings (SSSR count). The van der Waals surface area contributed by atoms with Crippen LogP contribution in [0, 0.1) is 24.7 Å². The fourth-order valence-corrected chi connectivity index (χ4v) is 11.4. The molecule has 6 aromatic carbocycles. The quantitative estimate of drug-likeness (QED) is 0.122. The van der Waals surface area contributed by atoms with Crippen LogP contribution in [-0.4, -0.2) is 5.43 Å². The van der Waals surface area contributed by atoms with Crippen LogP contribution in [0.4, 0.5) is 0 Å². The van der Waals surface area contributed by atoms with Gasteiger partial charge < -0.3 is 24.8 Å². The monoisotopic (exact) mass is 886 g/mol. The first kappa shape index (κ1) is 44.3. The van der Waals surface area contributed by atoms with Gasteiger partial charge in [-0.2, -0.15) is 12.1 Å². The second kappa shape index (κ2) is 18.6. The predicted molar refractivity (Wildman–Crippen MR) is 237 cm³/mol. The molecular weight excluding hydrogens is 827 g/mol. The number of fused-ring (bicyclic) bond motifs is 2. The second-order valence-corrected chi connectivity index (χ2v) is 28.7. The van der Waals surface area contributed by atoms with E-state index in [4.69, 9.17) is 0 Å². The minimum atomic E-state index is 0. The normalized spacial score (nSPS) is 22.5. The topological polar surface area (TPSA) is 0 Å². The van der Waals surface area contributed by atoms with E-state index in [0.717, 1.165) is 23.7 Å². The van der Waals surface area contributed by atoms with E-state index in [0.29, 0.717) is 5.41 Å². The molecule has 5 aliphatic carbocycles. The molecule has 57 heavy (non-hydrogen) atoms. The van der Waals surface area contributed by atoms with Gasteiger partial charge in [0.25, 0.3) is 0 Å². The second-order valence-electron chi connectivity index (χ2n) is 19.4. The van der Waals surface area contributed by atoms with E-state index in [1.165, 1.54) is 126 Å². The fraction of sp³-hybridized carbons (Fsp3) is 0.434. The summed E-state index contributed by atoms with van der Waals surface area (Å²) >= 11 is 1.74. The molecule has 0 amide bonds. The zero-order chi connectivity index (χ0) is 38.3.